The molecule has 0 aliphatic carbocycles. The molecule has 60 heavy (non-hydrogen) atoms. The summed E-state index contributed by atoms with van der Waals surface area (Å²) in [5.74, 6) is 1.78. The molecule has 0 radical (unpaired) electrons. The predicted molar refractivity (Wildman–Crippen MR) is 244 cm³/mol. The molecule has 0 saturated carbocycles. The fourth-order valence-corrected chi connectivity index (χ4v) is 9.94. The minimum Gasteiger partial charge on any atom is -0.295 e. The summed E-state index contributed by atoms with van der Waals surface area (Å²) in [5, 5.41) is 3.64. The van der Waals surface area contributed by atoms with Gasteiger partial charge >= 0.3 is 0 Å². The van der Waals surface area contributed by atoms with Gasteiger partial charge in [0, 0.05) is 38.9 Å². The molecule has 0 aliphatic heterocycles. The molecule has 0 amide bonds. The van der Waals surface area contributed by atoms with Crippen molar-refractivity contribution in [2.45, 2.75) is 0 Å². The van der Waals surface area contributed by atoms with Crippen LogP contribution in [0.3, 0.4) is 0 Å². The van der Waals surface area contributed by atoms with Gasteiger partial charge in [-0.1, -0.05) is 97.1 Å². The number of hydrogen-bond acceptors (Lipinski definition) is 2. The molecule has 0 fully saturated rings. The average molecular weight is 769 g/mol. The van der Waals surface area contributed by atoms with Crippen molar-refractivity contribution >= 4 is 88.5 Å². The van der Waals surface area contributed by atoms with Crippen molar-refractivity contribution in [3.8, 4) is 22.7 Å². The molecule has 6 aromatic heterocycles. The Morgan fingerprint density at radius 2 is 0.667 bits per heavy atom. The van der Waals surface area contributed by atoms with Crippen LogP contribution in [0.15, 0.2) is 194 Å². The zero-order valence-corrected chi connectivity index (χ0v) is 32.1. The van der Waals surface area contributed by atoms with E-state index in [9.17, 15) is 0 Å². The third-order valence-electron chi connectivity index (χ3n) is 12.4. The summed E-state index contributed by atoms with van der Waals surface area (Å²) < 4.78 is 14.0. The number of nitrogens with zero attached hydrogens (tertiary/aromatic N) is 8. The van der Waals surface area contributed by atoms with E-state index >= 15 is 0 Å². The molecule has 14 rings (SSSR count). The molecule has 0 N–H and O–H groups in total. The molecule has 0 bridgehead atoms. The number of benzene rings is 8. The number of para-hydroxylation sites is 8. The highest BCUT2D eigenvalue weighted by molar-refractivity contribution is 6.22. The molecular formula is C52H32N8. The summed E-state index contributed by atoms with van der Waals surface area (Å²) in [7, 11) is 0. The third kappa shape index (κ3) is 4.08. The molecule has 6 heterocycles. The molecule has 0 aliphatic rings. The SMILES string of the molecule is c1ccc(-n2c3ccccc3n3c4cc(-n5c6ccccc6c6c7ccccc7n(-c7ccc8nc9n(-c%10ccccc%10)c%10ccccc%10n9c8c7)c65)ccc4nc23)cc1. The first-order valence-corrected chi connectivity index (χ1v) is 20.3. The minimum atomic E-state index is 0.889. The van der Waals surface area contributed by atoms with E-state index in [-0.39, 0.29) is 0 Å². The van der Waals surface area contributed by atoms with Gasteiger partial charge in [-0.25, -0.2) is 9.97 Å². The fourth-order valence-electron chi connectivity index (χ4n) is 9.94. The van der Waals surface area contributed by atoms with Gasteiger partial charge in [0.05, 0.1) is 55.2 Å². The van der Waals surface area contributed by atoms with Crippen molar-refractivity contribution in [1.82, 2.24) is 37.0 Å². The Kier molecular flexibility index (Phi) is 6.14. The van der Waals surface area contributed by atoms with Crippen LogP contribution in [0.5, 0.6) is 0 Å². The molecule has 280 valence electrons. The zero-order chi connectivity index (χ0) is 39.1. The smallest absolute Gasteiger partial charge is 0.220 e. The molecular weight excluding hydrogens is 737 g/mol. The van der Waals surface area contributed by atoms with E-state index in [1.165, 1.54) is 16.2 Å². The van der Waals surface area contributed by atoms with Crippen LogP contribution >= 0.6 is 0 Å². The molecule has 8 nitrogen and oxygen atoms in total. The topological polar surface area (TPSA) is 54.3 Å². The van der Waals surface area contributed by atoms with Gasteiger partial charge in [0.15, 0.2) is 0 Å². The van der Waals surface area contributed by atoms with Gasteiger partial charge in [-0.2, -0.15) is 0 Å². The molecule has 0 atom stereocenters. The third-order valence-corrected chi connectivity index (χ3v) is 12.4. The number of fused-ring (bicyclic) bond motifs is 15. The number of hydrogen-bond donors (Lipinski definition) is 0. The lowest BCUT2D eigenvalue weighted by Gasteiger charge is -2.13. The lowest BCUT2D eigenvalue weighted by Crippen LogP contribution is -2.02. The van der Waals surface area contributed by atoms with Crippen LogP contribution in [-0.2, 0) is 0 Å². The van der Waals surface area contributed by atoms with Gasteiger partial charge in [0.2, 0.25) is 11.6 Å². The van der Waals surface area contributed by atoms with E-state index in [1.807, 2.05) is 0 Å². The Hall–Kier alpha value is -8.36. The second-order valence-corrected chi connectivity index (χ2v) is 15.6. The molecule has 0 unspecified atom stereocenters. The van der Waals surface area contributed by atoms with Gasteiger partial charge in [0.1, 0.15) is 5.65 Å². The normalized spacial score (nSPS) is 12.3. The molecule has 8 aromatic carbocycles. The fraction of sp³-hybridized carbons (Fsp3) is 0. The number of rotatable bonds is 4. The highest BCUT2D eigenvalue weighted by atomic mass is 15.2. The standard InChI is InChI=1S/C52H32N8/c1-3-15-33(16-4-1)57-43-23-11-13-25-45(43)59-47-31-35(27-29-39(47)53-51(57)59)55-41-21-9-7-19-37(41)49-38-20-8-10-22-42(38)56(50(49)55)36-28-30-40-48(32-36)60-46-26-14-12-24-44(46)58(52(60)54-40)34-17-5-2-6-18-34/h1-32H. The van der Waals surface area contributed by atoms with E-state index in [4.69, 9.17) is 9.97 Å². The van der Waals surface area contributed by atoms with Crippen molar-refractivity contribution in [2.24, 2.45) is 0 Å². The van der Waals surface area contributed by atoms with Crippen LogP contribution < -0.4 is 0 Å². The van der Waals surface area contributed by atoms with E-state index in [0.29, 0.717) is 0 Å². The second kappa shape index (κ2) is 11.6. The molecule has 0 saturated heterocycles. The van der Waals surface area contributed by atoms with Gasteiger partial charge in [-0.3, -0.25) is 27.1 Å². The van der Waals surface area contributed by atoms with Crippen LogP contribution in [0.4, 0.5) is 0 Å². The Morgan fingerprint density at radius 3 is 1.12 bits per heavy atom. The molecule has 14 aromatic rings. The van der Waals surface area contributed by atoms with Crippen molar-refractivity contribution < 1.29 is 0 Å². The maximum absolute atomic E-state index is 5.27. The van der Waals surface area contributed by atoms with Crippen molar-refractivity contribution in [3.63, 3.8) is 0 Å². The summed E-state index contributed by atoms with van der Waals surface area (Å²) in [4.78, 5) is 10.5. The Morgan fingerprint density at radius 1 is 0.283 bits per heavy atom. The lowest BCUT2D eigenvalue weighted by molar-refractivity contribution is 1.07. The van der Waals surface area contributed by atoms with Crippen molar-refractivity contribution in [3.05, 3.63) is 194 Å². The van der Waals surface area contributed by atoms with Crippen molar-refractivity contribution in [1.29, 1.82) is 0 Å². The Balaban J connectivity index is 1.07. The van der Waals surface area contributed by atoms with Crippen LogP contribution in [0, 0.1) is 0 Å². The summed E-state index contributed by atoms with van der Waals surface area (Å²) in [6.45, 7) is 0. The second-order valence-electron chi connectivity index (χ2n) is 15.6. The van der Waals surface area contributed by atoms with Gasteiger partial charge < -0.3 is 0 Å². The average Bonchev–Trinajstić information content (AvgIpc) is 4.14. The van der Waals surface area contributed by atoms with Gasteiger partial charge in [-0.05, 0) is 97.1 Å². The van der Waals surface area contributed by atoms with Crippen LogP contribution in [-0.4, -0.2) is 37.0 Å². The Labute approximate surface area is 341 Å². The zero-order valence-electron chi connectivity index (χ0n) is 32.1. The maximum Gasteiger partial charge on any atom is 0.220 e. The van der Waals surface area contributed by atoms with Crippen LogP contribution in [0.25, 0.3) is 111 Å². The summed E-state index contributed by atoms with van der Waals surface area (Å²) in [6, 6.07) is 69.2. The van der Waals surface area contributed by atoms with Gasteiger partial charge in [0.25, 0.3) is 0 Å². The Bertz CT molecular complexity index is 3800. The largest absolute Gasteiger partial charge is 0.295 e. The van der Waals surface area contributed by atoms with E-state index < -0.39 is 0 Å². The molecule has 8 heteroatoms. The summed E-state index contributed by atoms with van der Waals surface area (Å²) in [6.07, 6.45) is 0. The summed E-state index contributed by atoms with van der Waals surface area (Å²) in [5.41, 5.74) is 16.2. The van der Waals surface area contributed by atoms with Crippen LogP contribution in [0.1, 0.15) is 0 Å². The summed E-state index contributed by atoms with van der Waals surface area (Å²) >= 11 is 0. The first-order chi connectivity index (χ1) is 29.8. The van der Waals surface area contributed by atoms with Crippen molar-refractivity contribution in [2.75, 3.05) is 0 Å². The minimum absolute atomic E-state index is 0.889. The lowest BCUT2D eigenvalue weighted by atomic mass is 10.1. The van der Waals surface area contributed by atoms with Crippen LogP contribution in [0.2, 0.25) is 0 Å². The number of aromatic nitrogens is 8. The predicted octanol–water partition coefficient (Wildman–Crippen LogP) is 12.2. The monoisotopic (exact) mass is 768 g/mol. The highest BCUT2D eigenvalue weighted by Crippen LogP contribution is 2.42. The highest BCUT2D eigenvalue weighted by Gasteiger charge is 2.25. The van der Waals surface area contributed by atoms with E-state index in [2.05, 4.69) is 221 Å². The quantitative estimate of drug-likeness (QED) is 0.179. The maximum atomic E-state index is 5.27. The first-order valence-electron chi connectivity index (χ1n) is 20.3. The van der Waals surface area contributed by atoms with E-state index in [1.54, 1.807) is 0 Å². The number of imidazole rings is 4. The first kappa shape index (κ1) is 31.7. The van der Waals surface area contributed by atoms with E-state index in [0.717, 1.165) is 95.1 Å². The molecule has 0 spiro atoms. The van der Waals surface area contributed by atoms with Gasteiger partial charge in [-0.15, -0.1) is 0 Å².